The van der Waals surface area contributed by atoms with E-state index in [0.717, 1.165) is 12.2 Å². The number of carbonyl (C=O) groups is 1. The zero-order valence-electron chi connectivity index (χ0n) is 10.8. The van der Waals surface area contributed by atoms with Gasteiger partial charge in [-0.05, 0) is 50.8 Å². The molecule has 1 aliphatic carbocycles. The number of amides is 1. The van der Waals surface area contributed by atoms with E-state index in [9.17, 15) is 4.79 Å². The molecule has 0 spiro atoms. The van der Waals surface area contributed by atoms with Gasteiger partial charge >= 0.3 is 0 Å². The summed E-state index contributed by atoms with van der Waals surface area (Å²) in [5, 5.41) is 6.81. The summed E-state index contributed by atoms with van der Waals surface area (Å²) in [6.45, 7) is 4.84. The molecule has 98 valence electrons. The molecular formula is C14H19ClN2O. The van der Waals surface area contributed by atoms with E-state index in [4.69, 9.17) is 11.6 Å². The lowest BCUT2D eigenvalue weighted by Gasteiger charge is -2.15. The molecule has 1 unspecified atom stereocenters. The van der Waals surface area contributed by atoms with Crippen LogP contribution in [0.25, 0.3) is 0 Å². The number of hydrogen-bond acceptors (Lipinski definition) is 2. The molecule has 3 nitrogen and oxygen atoms in total. The highest BCUT2D eigenvalue weighted by atomic mass is 35.5. The summed E-state index contributed by atoms with van der Waals surface area (Å²) in [5.74, 6) is 0.601. The van der Waals surface area contributed by atoms with Gasteiger partial charge in [-0.25, -0.2) is 0 Å². The lowest BCUT2D eigenvalue weighted by molar-refractivity contribution is 0.0936. The van der Waals surface area contributed by atoms with E-state index >= 15 is 0 Å². The average Bonchev–Trinajstić information content (AvgIpc) is 3.15. The average molecular weight is 267 g/mol. The van der Waals surface area contributed by atoms with Crippen LogP contribution in [0.5, 0.6) is 0 Å². The Balaban J connectivity index is 2.13. The summed E-state index contributed by atoms with van der Waals surface area (Å²) in [5.41, 5.74) is 1.46. The van der Waals surface area contributed by atoms with Crippen molar-refractivity contribution in [3.63, 3.8) is 0 Å². The van der Waals surface area contributed by atoms with Crippen LogP contribution in [0.3, 0.4) is 0 Å². The van der Waals surface area contributed by atoms with Gasteiger partial charge in [0.1, 0.15) is 0 Å². The standard InChI is InChI=1S/C14H19ClN2O/c1-3-16-13-7-6-11(15)8-12(13)14(18)17-9(2)10-4-5-10/h6-10,16H,3-5H2,1-2H3,(H,17,18). The van der Waals surface area contributed by atoms with Crippen molar-refractivity contribution in [2.75, 3.05) is 11.9 Å². The molecule has 1 aliphatic rings. The van der Waals surface area contributed by atoms with Gasteiger partial charge in [0.2, 0.25) is 0 Å². The van der Waals surface area contributed by atoms with Crippen molar-refractivity contribution < 1.29 is 4.79 Å². The second kappa shape index (κ2) is 5.61. The fourth-order valence-corrected chi connectivity index (χ4v) is 2.22. The third-order valence-corrected chi connectivity index (χ3v) is 3.52. The smallest absolute Gasteiger partial charge is 0.253 e. The van der Waals surface area contributed by atoms with E-state index in [2.05, 4.69) is 17.6 Å². The van der Waals surface area contributed by atoms with Crippen molar-refractivity contribution in [2.24, 2.45) is 5.92 Å². The first-order valence-electron chi connectivity index (χ1n) is 6.46. The molecule has 0 saturated heterocycles. The highest BCUT2D eigenvalue weighted by Crippen LogP contribution is 2.32. The van der Waals surface area contributed by atoms with Crippen molar-refractivity contribution in [2.45, 2.75) is 32.7 Å². The second-order valence-corrected chi connectivity index (χ2v) is 5.26. The molecule has 2 rings (SSSR count). The van der Waals surface area contributed by atoms with Crippen LogP contribution in [-0.4, -0.2) is 18.5 Å². The molecule has 0 aromatic heterocycles. The Hall–Kier alpha value is -1.22. The van der Waals surface area contributed by atoms with Crippen molar-refractivity contribution >= 4 is 23.2 Å². The Kier molecular flexibility index (Phi) is 4.12. The summed E-state index contributed by atoms with van der Waals surface area (Å²) >= 11 is 5.96. The van der Waals surface area contributed by atoms with Gasteiger partial charge in [-0.15, -0.1) is 0 Å². The third kappa shape index (κ3) is 3.16. The van der Waals surface area contributed by atoms with Crippen LogP contribution in [0.2, 0.25) is 5.02 Å². The number of halogens is 1. The highest BCUT2D eigenvalue weighted by molar-refractivity contribution is 6.31. The quantitative estimate of drug-likeness (QED) is 0.859. The fraction of sp³-hybridized carbons (Fsp3) is 0.500. The normalized spacial score (nSPS) is 16.2. The Morgan fingerprint density at radius 3 is 2.83 bits per heavy atom. The molecule has 0 heterocycles. The van der Waals surface area contributed by atoms with Crippen molar-refractivity contribution in [3.8, 4) is 0 Å². The zero-order valence-corrected chi connectivity index (χ0v) is 11.6. The summed E-state index contributed by atoms with van der Waals surface area (Å²) in [4.78, 5) is 12.2. The monoisotopic (exact) mass is 266 g/mol. The summed E-state index contributed by atoms with van der Waals surface area (Å²) < 4.78 is 0. The molecule has 1 fully saturated rings. The van der Waals surface area contributed by atoms with Crippen LogP contribution in [0.1, 0.15) is 37.0 Å². The SMILES string of the molecule is CCNc1ccc(Cl)cc1C(=O)NC(C)C1CC1. The Morgan fingerprint density at radius 1 is 1.50 bits per heavy atom. The molecule has 1 atom stereocenters. The number of rotatable bonds is 5. The van der Waals surface area contributed by atoms with Crippen LogP contribution in [0.15, 0.2) is 18.2 Å². The number of anilines is 1. The van der Waals surface area contributed by atoms with Crippen LogP contribution in [-0.2, 0) is 0 Å². The van der Waals surface area contributed by atoms with E-state index in [0.29, 0.717) is 16.5 Å². The Morgan fingerprint density at radius 2 is 2.22 bits per heavy atom. The molecule has 1 saturated carbocycles. The highest BCUT2D eigenvalue weighted by Gasteiger charge is 2.29. The largest absolute Gasteiger partial charge is 0.385 e. The molecule has 0 radical (unpaired) electrons. The van der Waals surface area contributed by atoms with E-state index in [-0.39, 0.29) is 11.9 Å². The predicted octanol–water partition coefficient (Wildman–Crippen LogP) is 3.30. The van der Waals surface area contributed by atoms with Gasteiger partial charge in [0.25, 0.3) is 5.91 Å². The number of hydrogen-bond donors (Lipinski definition) is 2. The van der Waals surface area contributed by atoms with Crippen LogP contribution >= 0.6 is 11.6 Å². The van der Waals surface area contributed by atoms with Crippen molar-refractivity contribution in [1.82, 2.24) is 5.32 Å². The maximum atomic E-state index is 12.2. The predicted molar refractivity (Wildman–Crippen MR) is 75.3 cm³/mol. The van der Waals surface area contributed by atoms with Gasteiger partial charge in [-0.2, -0.15) is 0 Å². The van der Waals surface area contributed by atoms with Gasteiger partial charge in [-0.3, -0.25) is 4.79 Å². The minimum atomic E-state index is -0.0483. The number of nitrogens with one attached hydrogen (secondary N) is 2. The van der Waals surface area contributed by atoms with E-state index < -0.39 is 0 Å². The maximum absolute atomic E-state index is 12.2. The van der Waals surface area contributed by atoms with Crippen LogP contribution < -0.4 is 10.6 Å². The molecular weight excluding hydrogens is 248 g/mol. The minimum Gasteiger partial charge on any atom is -0.385 e. The van der Waals surface area contributed by atoms with Crippen molar-refractivity contribution in [1.29, 1.82) is 0 Å². The van der Waals surface area contributed by atoms with E-state index in [1.165, 1.54) is 12.8 Å². The number of carbonyl (C=O) groups excluding carboxylic acids is 1. The Bertz CT molecular complexity index is 443. The van der Waals surface area contributed by atoms with E-state index in [1.54, 1.807) is 12.1 Å². The molecule has 0 aliphatic heterocycles. The van der Waals surface area contributed by atoms with Gasteiger partial charge in [-0.1, -0.05) is 11.6 Å². The molecule has 4 heteroatoms. The molecule has 0 bridgehead atoms. The first-order chi connectivity index (χ1) is 8.61. The fourth-order valence-electron chi connectivity index (χ4n) is 2.05. The lowest BCUT2D eigenvalue weighted by atomic mass is 10.1. The van der Waals surface area contributed by atoms with E-state index in [1.807, 2.05) is 13.0 Å². The molecule has 18 heavy (non-hydrogen) atoms. The Labute approximate surface area is 113 Å². The summed E-state index contributed by atoms with van der Waals surface area (Å²) in [7, 11) is 0. The van der Waals surface area contributed by atoms with Crippen molar-refractivity contribution in [3.05, 3.63) is 28.8 Å². The minimum absolute atomic E-state index is 0.0483. The third-order valence-electron chi connectivity index (χ3n) is 3.28. The number of benzene rings is 1. The first kappa shape index (κ1) is 13.2. The molecule has 1 aromatic rings. The van der Waals surface area contributed by atoms with Gasteiger partial charge in [0, 0.05) is 23.3 Å². The molecule has 2 N–H and O–H groups in total. The van der Waals surface area contributed by atoms with Gasteiger partial charge < -0.3 is 10.6 Å². The molecule has 1 aromatic carbocycles. The van der Waals surface area contributed by atoms with Crippen LogP contribution in [0, 0.1) is 5.92 Å². The zero-order chi connectivity index (χ0) is 13.1. The first-order valence-corrected chi connectivity index (χ1v) is 6.84. The van der Waals surface area contributed by atoms with Gasteiger partial charge in [0.05, 0.1) is 5.56 Å². The summed E-state index contributed by atoms with van der Waals surface area (Å²) in [6.07, 6.45) is 2.44. The topological polar surface area (TPSA) is 41.1 Å². The van der Waals surface area contributed by atoms with Crippen LogP contribution in [0.4, 0.5) is 5.69 Å². The lowest BCUT2D eigenvalue weighted by Crippen LogP contribution is -2.34. The van der Waals surface area contributed by atoms with Gasteiger partial charge in [0.15, 0.2) is 0 Å². The summed E-state index contributed by atoms with van der Waals surface area (Å²) in [6, 6.07) is 5.60. The molecule has 1 amide bonds. The second-order valence-electron chi connectivity index (χ2n) is 4.82. The maximum Gasteiger partial charge on any atom is 0.253 e.